The first-order chi connectivity index (χ1) is 10.3. The molecule has 0 radical (unpaired) electrons. The summed E-state index contributed by atoms with van der Waals surface area (Å²) in [6.45, 7) is 4.29. The number of hydrogen-bond acceptors (Lipinski definition) is 5. The Bertz CT molecular complexity index is 605. The maximum absolute atomic E-state index is 5.71. The Morgan fingerprint density at radius 2 is 2.24 bits per heavy atom. The molecule has 1 N–H and O–H groups in total. The van der Waals surface area contributed by atoms with Crippen LogP contribution in [0, 0.1) is 5.92 Å². The summed E-state index contributed by atoms with van der Waals surface area (Å²) >= 11 is 0. The van der Waals surface area contributed by atoms with Gasteiger partial charge in [0.05, 0.1) is 11.6 Å². The first-order valence-corrected chi connectivity index (χ1v) is 7.78. The van der Waals surface area contributed by atoms with Gasteiger partial charge in [-0.15, -0.1) is 0 Å². The molecule has 1 aliphatic carbocycles. The molecule has 0 unspecified atom stereocenters. The van der Waals surface area contributed by atoms with Gasteiger partial charge in [-0.25, -0.2) is 9.97 Å². The summed E-state index contributed by atoms with van der Waals surface area (Å²) in [5, 5.41) is 8.58. The fourth-order valence-electron chi connectivity index (χ4n) is 2.33. The molecule has 0 aromatic carbocycles. The molecule has 1 fully saturated rings. The van der Waals surface area contributed by atoms with Crippen molar-refractivity contribution in [1.29, 1.82) is 0 Å². The van der Waals surface area contributed by atoms with Crippen LogP contribution in [0.2, 0.25) is 0 Å². The fraction of sp³-hybridized carbons (Fsp3) is 0.667. The lowest BCUT2D eigenvalue weighted by Crippen LogP contribution is -2.08. The van der Waals surface area contributed by atoms with E-state index in [1.165, 1.54) is 12.8 Å². The molecule has 2 heterocycles. The van der Waals surface area contributed by atoms with Crippen molar-refractivity contribution >= 4 is 16.9 Å². The SMILES string of the molecule is CCCNc1nc(COCCC2CC2)nc2c1cnn2C. The number of ether oxygens (including phenoxy) is 1. The predicted octanol–water partition coefficient (Wildman–Crippen LogP) is 2.50. The van der Waals surface area contributed by atoms with E-state index in [2.05, 4.69) is 27.3 Å². The maximum atomic E-state index is 5.71. The van der Waals surface area contributed by atoms with Crippen LogP contribution in [0.5, 0.6) is 0 Å². The molecule has 1 aliphatic rings. The van der Waals surface area contributed by atoms with E-state index in [4.69, 9.17) is 4.74 Å². The summed E-state index contributed by atoms with van der Waals surface area (Å²) in [6, 6.07) is 0. The highest BCUT2D eigenvalue weighted by Gasteiger charge is 2.20. The number of nitrogens with zero attached hydrogens (tertiary/aromatic N) is 4. The third kappa shape index (κ3) is 3.50. The molecule has 0 saturated heterocycles. The second-order valence-electron chi connectivity index (χ2n) is 5.71. The van der Waals surface area contributed by atoms with Crippen LogP contribution in [-0.2, 0) is 18.4 Å². The highest BCUT2D eigenvalue weighted by atomic mass is 16.5. The number of hydrogen-bond donors (Lipinski definition) is 1. The van der Waals surface area contributed by atoms with Gasteiger partial charge in [0.25, 0.3) is 0 Å². The number of anilines is 1. The molecule has 3 rings (SSSR count). The van der Waals surface area contributed by atoms with E-state index in [0.717, 1.165) is 54.6 Å². The Hall–Kier alpha value is -1.69. The minimum atomic E-state index is 0.467. The van der Waals surface area contributed by atoms with Gasteiger partial charge in [-0.05, 0) is 18.8 Å². The van der Waals surface area contributed by atoms with Crippen LogP contribution >= 0.6 is 0 Å². The lowest BCUT2D eigenvalue weighted by atomic mass is 10.3. The van der Waals surface area contributed by atoms with Gasteiger partial charge in [0.2, 0.25) is 0 Å². The lowest BCUT2D eigenvalue weighted by molar-refractivity contribution is 0.110. The minimum absolute atomic E-state index is 0.467. The molecular weight excluding hydrogens is 266 g/mol. The Labute approximate surface area is 124 Å². The summed E-state index contributed by atoms with van der Waals surface area (Å²) in [4.78, 5) is 9.14. The van der Waals surface area contributed by atoms with Gasteiger partial charge in [0, 0.05) is 20.2 Å². The minimum Gasteiger partial charge on any atom is -0.373 e. The van der Waals surface area contributed by atoms with E-state index in [9.17, 15) is 0 Å². The first-order valence-electron chi connectivity index (χ1n) is 7.78. The average molecular weight is 289 g/mol. The van der Waals surface area contributed by atoms with Crippen LogP contribution in [-0.4, -0.2) is 32.9 Å². The van der Waals surface area contributed by atoms with E-state index in [-0.39, 0.29) is 0 Å². The summed E-state index contributed by atoms with van der Waals surface area (Å²) in [5.41, 5.74) is 0.851. The Kier molecular flexibility index (Phi) is 4.34. The van der Waals surface area contributed by atoms with Crippen molar-refractivity contribution in [2.75, 3.05) is 18.5 Å². The number of aryl methyl sites for hydroxylation is 1. The molecule has 2 aromatic rings. The van der Waals surface area contributed by atoms with Gasteiger partial charge in [0.15, 0.2) is 11.5 Å². The third-order valence-corrected chi connectivity index (χ3v) is 3.78. The topological polar surface area (TPSA) is 64.9 Å². The van der Waals surface area contributed by atoms with Crippen molar-refractivity contribution in [2.45, 2.75) is 39.2 Å². The van der Waals surface area contributed by atoms with Crippen LogP contribution in [0.4, 0.5) is 5.82 Å². The van der Waals surface area contributed by atoms with Crippen molar-refractivity contribution in [3.8, 4) is 0 Å². The van der Waals surface area contributed by atoms with Crippen LogP contribution in [0.3, 0.4) is 0 Å². The Morgan fingerprint density at radius 1 is 1.38 bits per heavy atom. The lowest BCUT2D eigenvalue weighted by Gasteiger charge is -2.08. The fourth-order valence-corrected chi connectivity index (χ4v) is 2.33. The number of fused-ring (bicyclic) bond motifs is 1. The van der Waals surface area contributed by atoms with Crippen molar-refractivity contribution in [3.05, 3.63) is 12.0 Å². The molecule has 6 heteroatoms. The quantitative estimate of drug-likeness (QED) is 0.756. The molecule has 114 valence electrons. The average Bonchev–Trinajstić information content (AvgIpc) is 3.25. The number of nitrogens with one attached hydrogen (secondary N) is 1. The molecule has 6 nitrogen and oxygen atoms in total. The molecule has 0 amide bonds. The number of rotatable bonds is 8. The van der Waals surface area contributed by atoms with Gasteiger partial charge in [-0.1, -0.05) is 19.8 Å². The smallest absolute Gasteiger partial charge is 0.163 e. The largest absolute Gasteiger partial charge is 0.373 e. The van der Waals surface area contributed by atoms with E-state index in [0.29, 0.717) is 6.61 Å². The first kappa shape index (κ1) is 14.3. The molecular formula is C15H23N5O. The normalized spacial score (nSPS) is 14.8. The molecule has 2 aromatic heterocycles. The third-order valence-electron chi connectivity index (χ3n) is 3.78. The highest BCUT2D eigenvalue weighted by molar-refractivity contribution is 5.86. The number of aromatic nitrogens is 4. The predicted molar refractivity (Wildman–Crippen MR) is 82.1 cm³/mol. The molecule has 0 bridgehead atoms. The summed E-state index contributed by atoms with van der Waals surface area (Å²) in [7, 11) is 1.90. The summed E-state index contributed by atoms with van der Waals surface area (Å²) < 4.78 is 7.49. The van der Waals surface area contributed by atoms with Crippen LogP contribution < -0.4 is 5.32 Å². The van der Waals surface area contributed by atoms with Crippen molar-refractivity contribution < 1.29 is 4.74 Å². The van der Waals surface area contributed by atoms with E-state index in [1.54, 1.807) is 4.68 Å². The van der Waals surface area contributed by atoms with Gasteiger partial charge < -0.3 is 10.1 Å². The van der Waals surface area contributed by atoms with Gasteiger partial charge >= 0.3 is 0 Å². The van der Waals surface area contributed by atoms with Crippen LogP contribution in [0.25, 0.3) is 11.0 Å². The standard InChI is InChI=1S/C15H23N5O/c1-3-7-16-14-12-9-17-20(2)15(12)19-13(18-14)10-21-8-6-11-4-5-11/h9,11H,3-8,10H2,1-2H3,(H,16,18,19). The van der Waals surface area contributed by atoms with E-state index < -0.39 is 0 Å². The van der Waals surface area contributed by atoms with Crippen LogP contribution in [0.15, 0.2) is 6.20 Å². The van der Waals surface area contributed by atoms with E-state index >= 15 is 0 Å². The zero-order valence-corrected chi connectivity index (χ0v) is 12.8. The monoisotopic (exact) mass is 289 g/mol. The van der Waals surface area contributed by atoms with Crippen molar-refractivity contribution in [2.24, 2.45) is 13.0 Å². The molecule has 0 spiro atoms. The molecule has 0 aliphatic heterocycles. The van der Waals surface area contributed by atoms with Gasteiger partial charge in [-0.2, -0.15) is 5.10 Å². The van der Waals surface area contributed by atoms with Crippen molar-refractivity contribution in [1.82, 2.24) is 19.7 Å². The van der Waals surface area contributed by atoms with Gasteiger partial charge in [-0.3, -0.25) is 4.68 Å². The highest BCUT2D eigenvalue weighted by Crippen LogP contribution is 2.32. The van der Waals surface area contributed by atoms with Gasteiger partial charge in [0.1, 0.15) is 12.4 Å². The molecule has 21 heavy (non-hydrogen) atoms. The Balaban J connectivity index is 1.71. The molecule has 1 saturated carbocycles. The summed E-state index contributed by atoms with van der Waals surface area (Å²) in [6.07, 6.45) is 6.76. The second-order valence-corrected chi connectivity index (χ2v) is 5.71. The zero-order valence-electron chi connectivity index (χ0n) is 12.8. The molecule has 0 atom stereocenters. The van der Waals surface area contributed by atoms with Crippen molar-refractivity contribution in [3.63, 3.8) is 0 Å². The zero-order chi connectivity index (χ0) is 14.7. The maximum Gasteiger partial charge on any atom is 0.163 e. The second kappa shape index (κ2) is 6.39. The summed E-state index contributed by atoms with van der Waals surface area (Å²) in [5.74, 6) is 2.48. The Morgan fingerprint density at radius 3 is 3.00 bits per heavy atom. The van der Waals surface area contributed by atoms with Crippen LogP contribution in [0.1, 0.15) is 38.4 Å². The van der Waals surface area contributed by atoms with E-state index in [1.807, 2.05) is 13.2 Å².